The fourth-order valence-corrected chi connectivity index (χ4v) is 4.76. The van der Waals surface area contributed by atoms with E-state index in [1.807, 2.05) is 14.1 Å². The molecule has 1 rings (SSSR count). The lowest BCUT2D eigenvalue weighted by molar-refractivity contribution is -0.920. The Hall–Kier alpha value is 0.220. The smallest absolute Gasteiger partial charge is 0.367 e. The summed E-state index contributed by atoms with van der Waals surface area (Å²) in [7, 11) is -7.05. The van der Waals surface area contributed by atoms with Crippen LogP contribution in [-0.4, -0.2) is 60.9 Å². The lowest BCUT2D eigenvalue weighted by Crippen LogP contribution is -2.54. The molecule has 1 saturated heterocycles. The van der Waals surface area contributed by atoms with Crippen LogP contribution in [0.4, 0.5) is 0 Å². The first-order chi connectivity index (χ1) is 8.31. The fourth-order valence-electron chi connectivity index (χ4n) is 2.50. The molecular weight excluding hydrogens is 296 g/mol. The maximum atomic E-state index is 11.3. The summed E-state index contributed by atoms with van der Waals surface area (Å²) < 4.78 is 23.0. The number of rotatable bonds is 4. The zero-order valence-corrected chi connectivity index (χ0v) is 12.8. The van der Waals surface area contributed by atoms with Gasteiger partial charge in [-0.2, -0.15) is 0 Å². The van der Waals surface area contributed by atoms with Crippen molar-refractivity contribution in [3.63, 3.8) is 0 Å². The highest BCUT2D eigenvalue weighted by atomic mass is 31.2. The summed E-state index contributed by atoms with van der Waals surface area (Å²) in [5.41, 5.74) is 0. The van der Waals surface area contributed by atoms with Crippen LogP contribution < -0.4 is 0 Å². The number of hydrogen-bond donors (Lipinski definition) is 5. The monoisotopic (exact) mass is 318 g/mol. The molecule has 1 fully saturated rings. The first-order valence-electron chi connectivity index (χ1n) is 5.97. The molecule has 0 aromatic rings. The predicted molar refractivity (Wildman–Crippen MR) is 68.3 cm³/mol. The van der Waals surface area contributed by atoms with Crippen molar-refractivity contribution in [3.05, 3.63) is 0 Å². The van der Waals surface area contributed by atoms with E-state index in [9.17, 15) is 14.2 Å². The van der Waals surface area contributed by atoms with Gasteiger partial charge >= 0.3 is 15.2 Å². The van der Waals surface area contributed by atoms with Gasteiger partial charge in [0.05, 0.1) is 33.1 Å². The van der Waals surface area contributed by atoms with Gasteiger partial charge in [0, 0.05) is 0 Å². The van der Waals surface area contributed by atoms with Crippen LogP contribution in [0.3, 0.4) is 0 Å². The van der Waals surface area contributed by atoms with Gasteiger partial charge in [-0.05, 0) is 19.3 Å². The lowest BCUT2D eigenvalue weighted by atomic mass is 9.97. The molecule has 10 heteroatoms. The molecule has 19 heavy (non-hydrogen) atoms. The van der Waals surface area contributed by atoms with Crippen molar-refractivity contribution in [2.75, 3.05) is 20.6 Å². The summed E-state index contributed by atoms with van der Waals surface area (Å²) in [6.45, 7) is 0.739. The molecule has 5 N–H and O–H groups in total. The SMILES string of the molecule is C[N+]1(C)CCCCC1CC(O)(P(=O)(O)O)P(=O)(O)O. The second-order valence-electron chi connectivity index (χ2n) is 5.72. The molecule has 8 nitrogen and oxygen atoms in total. The highest BCUT2D eigenvalue weighted by Crippen LogP contribution is 2.69. The predicted octanol–water partition coefficient (Wildman–Crippen LogP) is 0.00690. The highest BCUT2D eigenvalue weighted by Gasteiger charge is 2.61. The van der Waals surface area contributed by atoms with E-state index in [4.69, 9.17) is 19.6 Å². The molecular formula is C9H22NO7P2+. The molecule has 1 aliphatic rings. The summed E-state index contributed by atoms with van der Waals surface area (Å²) in [6, 6.07) is -0.404. The standard InChI is InChI=1S/C9H21NO7P2/c1-10(2)6-4-3-5-8(10)7-9(11,18(12,13)14)19(15,16)17/h8,11H,3-7H2,1-2H3,(H3-,12,13,14,15,16,17)/p+1. The molecule has 1 atom stereocenters. The second-order valence-corrected chi connectivity index (χ2v) is 9.73. The number of piperidine rings is 1. The molecule has 0 aromatic carbocycles. The first kappa shape index (κ1) is 17.3. The van der Waals surface area contributed by atoms with E-state index in [1.54, 1.807) is 0 Å². The Morgan fingerprint density at radius 1 is 1.11 bits per heavy atom. The lowest BCUT2D eigenvalue weighted by Gasteiger charge is -2.44. The van der Waals surface area contributed by atoms with E-state index in [0.29, 0.717) is 10.9 Å². The average Bonchev–Trinajstić information content (AvgIpc) is 2.17. The largest absolute Gasteiger partial charge is 0.369 e. The molecule has 0 aromatic heterocycles. The zero-order valence-electron chi connectivity index (χ0n) is 11.0. The van der Waals surface area contributed by atoms with Crippen LogP contribution in [0.1, 0.15) is 25.7 Å². The maximum absolute atomic E-state index is 11.3. The number of likely N-dealkylation sites (tertiary alicyclic amines) is 1. The summed E-state index contributed by atoms with van der Waals surface area (Å²) in [6.07, 6.45) is 1.70. The fraction of sp³-hybridized carbons (Fsp3) is 1.00. The van der Waals surface area contributed by atoms with Crippen LogP contribution in [0.5, 0.6) is 0 Å². The van der Waals surface area contributed by atoms with Gasteiger partial charge in [-0.1, -0.05) is 0 Å². The Kier molecular flexibility index (Phi) is 4.73. The molecule has 0 bridgehead atoms. The minimum atomic E-state index is -5.35. The minimum Gasteiger partial charge on any atom is -0.367 e. The van der Waals surface area contributed by atoms with Crippen LogP contribution in [0.15, 0.2) is 0 Å². The molecule has 0 amide bonds. The van der Waals surface area contributed by atoms with Gasteiger partial charge in [0.15, 0.2) is 0 Å². The Morgan fingerprint density at radius 2 is 1.58 bits per heavy atom. The van der Waals surface area contributed by atoms with Crippen molar-refractivity contribution in [3.8, 4) is 0 Å². The summed E-state index contributed by atoms with van der Waals surface area (Å²) in [4.78, 5) is 36.5. The van der Waals surface area contributed by atoms with Crippen molar-refractivity contribution < 1.29 is 38.3 Å². The Morgan fingerprint density at radius 3 is 1.95 bits per heavy atom. The third kappa shape index (κ3) is 3.46. The van der Waals surface area contributed by atoms with Crippen LogP contribution in [0.25, 0.3) is 0 Å². The van der Waals surface area contributed by atoms with Gasteiger partial charge in [0.25, 0.3) is 5.08 Å². The summed E-state index contributed by atoms with van der Waals surface area (Å²) in [5, 5.41) is 6.64. The summed E-state index contributed by atoms with van der Waals surface area (Å²) in [5.74, 6) is 0. The third-order valence-corrected chi connectivity index (χ3v) is 7.75. The topological polar surface area (TPSA) is 135 Å². The Labute approximate surface area is 112 Å². The minimum absolute atomic E-state index is 0.377. The number of hydrogen-bond acceptors (Lipinski definition) is 3. The molecule has 1 aliphatic heterocycles. The van der Waals surface area contributed by atoms with Crippen molar-refractivity contribution in [1.29, 1.82) is 0 Å². The zero-order chi connectivity index (χ0) is 15.1. The highest BCUT2D eigenvalue weighted by molar-refractivity contribution is 7.72. The van der Waals surface area contributed by atoms with Crippen LogP contribution in [0.2, 0.25) is 0 Å². The van der Waals surface area contributed by atoms with Crippen LogP contribution in [-0.2, 0) is 9.13 Å². The first-order valence-corrected chi connectivity index (χ1v) is 9.20. The molecule has 114 valence electrons. The normalized spacial score (nSPS) is 25.3. The van der Waals surface area contributed by atoms with E-state index < -0.39 is 32.7 Å². The van der Waals surface area contributed by atoms with Gasteiger partial charge in [-0.25, -0.2) is 0 Å². The van der Waals surface area contributed by atoms with Crippen molar-refractivity contribution in [1.82, 2.24) is 0 Å². The van der Waals surface area contributed by atoms with Crippen molar-refractivity contribution >= 4 is 15.2 Å². The molecule has 1 unspecified atom stereocenters. The van der Waals surface area contributed by atoms with Crippen molar-refractivity contribution in [2.45, 2.75) is 36.8 Å². The summed E-state index contributed by atoms with van der Waals surface area (Å²) >= 11 is 0. The Balaban J connectivity index is 3.10. The molecule has 0 radical (unpaired) electrons. The van der Waals surface area contributed by atoms with E-state index in [-0.39, 0.29) is 0 Å². The maximum Gasteiger partial charge on any atom is 0.369 e. The van der Waals surface area contributed by atoms with Crippen LogP contribution >= 0.6 is 15.2 Å². The van der Waals surface area contributed by atoms with Gasteiger partial charge in [0.1, 0.15) is 0 Å². The number of nitrogens with zero attached hydrogens (tertiary/aromatic N) is 1. The average molecular weight is 318 g/mol. The van der Waals surface area contributed by atoms with Gasteiger partial charge in [0.2, 0.25) is 0 Å². The second kappa shape index (κ2) is 5.20. The van der Waals surface area contributed by atoms with Crippen molar-refractivity contribution in [2.24, 2.45) is 0 Å². The van der Waals surface area contributed by atoms with Crippen LogP contribution in [0, 0.1) is 0 Å². The van der Waals surface area contributed by atoms with E-state index in [1.165, 1.54) is 0 Å². The van der Waals surface area contributed by atoms with Gasteiger partial charge in [-0.3, -0.25) is 9.13 Å². The quantitative estimate of drug-likeness (QED) is 0.364. The molecule has 0 spiro atoms. The van der Waals surface area contributed by atoms with E-state index in [2.05, 4.69) is 0 Å². The third-order valence-electron chi connectivity index (χ3n) is 3.95. The molecule has 0 saturated carbocycles. The molecule has 1 heterocycles. The van der Waals surface area contributed by atoms with E-state index >= 15 is 0 Å². The van der Waals surface area contributed by atoms with Gasteiger partial charge < -0.3 is 29.2 Å². The number of quaternary nitrogens is 1. The Bertz CT molecular complexity index is 404. The molecule has 0 aliphatic carbocycles. The number of aliphatic hydroxyl groups is 1. The van der Waals surface area contributed by atoms with E-state index in [0.717, 1.165) is 19.4 Å². The van der Waals surface area contributed by atoms with Gasteiger partial charge in [-0.15, -0.1) is 0 Å².